The highest BCUT2D eigenvalue weighted by Gasteiger charge is 2.65. The molecule has 0 saturated carbocycles. The van der Waals surface area contributed by atoms with E-state index in [9.17, 15) is 34.8 Å². The molecule has 0 fully saturated rings. The van der Waals surface area contributed by atoms with Crippen molar-refractivity contribution < 1.29 is 38.7 Å². The summed E-state index contributed by atoms with van der Waals surface area (Å²) in [5, 5.41) is -5.65. The molecule has 2 atom stereocenters. The molecular weight excluding hydrogens is 309 g/mol. The molecule has 0 saturated heterocycles. The minimum absolute atomic E-state index is 0.0920. The molecule has 0 aromatic heterocycles. The number of halogens is 6. The van der Waals surface area contributed by atoms with Crippen molar-refractivity contribution in [3.05, 3.63) is 0 Å². The van der Waals surface area contributed by atoms with Gasteiger partial charge in [0.1, 0.15) is 0 Å². The molecule has 0 spiro atoms. The topological polar surface area (TPSA) is 43.4 Å². The quantitative estimate of drug-likeness (QED) is 0.411. The third-order valence-electron chi connectivity index (χ3n) is 1.72. The minimum atomic E-state index is -5.98. The second-order valence-electron chi connectivity index (χ2n) is 3.25. The molecule has 0 aliphatic heterocycles. The highest BCUT2D eigenvalue weighted by molar-refractivity contribution is 7.90. The van der Waals surface area contributed by atoms with Gasteiger partial charge in [0.05, 0.1) is 0 Å². The van der Waals surface area contributed by atoms with Crippen LogP contribution in [0.1, 0.15) is 19.8 Å². The van der Waals surface area contributed by atoms with Crippen molar-refractivity contribution in [2.45, 2.75) is 37.4 Å². The van der Waals surface area contributed by atoms with Gasteiger partial charge in [0.25, 0.3) is 6.17 Å². The van der Waals surface area contributed by atoms with Crippen molar-refractivity contribution in [3.63, 3.8) is 0 Å². The molecule has 0 aliphatic rings. The van der Waals surface area contributed by atoms with Crippen molar-refractivity contribution in [2.24, 2.45) is 0 Å². The number of alkyl halides is 6. The lowest BCUT2D eigenvalue weighted by atomic mass is 10.4. The molecule has 0 heterocycles. The van der Waals surface area contributed by atoms with E-state index in [1.54, 1.807) is 6.92 Å². The zero-order valence-corrected chi connectivity index (χ0v) is 10.9. The van der Waals surface area contributed by atoms with Gasteiger partial charge in [0.15, 0.2) is 0 Å². The molecule has 11 heteroatoms. The van der Waals surface area contributed by atoms with Crippen LogP contribution in [0.15, 0.2) is 0 Å². The van der Waals surface area contributed by atoms with Crippen LogP contribution in [0.2, 0.25) is 0 Å². The van der Waals surface area contributed by atoms with Crippen molar-refractivity contribution in [2.75, 3.05) is 6.16 Å². The van der Waals surface area contributed by atoms with Gasteiger partial charge in [0.2, 0.25) is 0 Å². The van der Waals surface area contributed by atoms with E-state index in [0.29, 0.717) is 12.8 Å². The number of hydrogen-bond donors (Lipinski definition) is 0. The van der Waals surface area contributed by atoms with E-state index in [0.717, 1.165) is 0 Å². The Morgan fingerprint density at radius 2 is 1.72 bits per heavy atom. The Morgan fingerprint density at radius 3 is 2.11 bits per heavy atom. The predicted octanol–water partition coefficient (Wildman–Crippen LogP) is 3.22. The average molecular weight is 320 g/mol. The molecule has 0 aliphatic carbocycles. The molecule has 0 aromatic carbocycles. The summed E-state index contributed by atoms with van der Waals surface area (Å²) in [5.74, 6) is 0. The van der Waals surface area contributed by atoms with E-state index >= 15 is 0 Å². The Balaban J connectivity index is 4.77. The van der Waals surface area contributed by atoms with Crippen LogP contribution in [0.5, 0.6) is 0 Å². The minimum Gasteiger partial charge on any atom is -0.246 e. The molecule has 3 nitrogen and oxygen atoms in total. The zero-order chi connectivity index (χ0) is 14.6. The first kappa shape index (κ1) is 17.9. The SMILES string of the molecule is CCCCPOS(=O)(=O)C(F)(F)C(F)C(F)(F)F. The molecule has 0 rings (SSSR count). The normalized spacial score (nSPS) is 16.4. The molecule has 2 unspecified atom stereocenters. The van der Waals surface area contributed by atoms with Gasteiger partial charge in [-0.25, -0.2) is 8.36 Å². The van der Waals surface area contributed by atoms with Crippen molar-refractivity contribution >= 4 is 18.9 Å². The van der Waals surface area contributed by atoms with Gasteiger partial charge >= 0.3 is 21.5 Å². The summed E-state index contributed by atoms with van der Waals surface area (Å²) in [5.41, 5.74) is 0. The maximum Gasteiger partial charge on any atom is 0.426 e. The number of rotatable bonds is 7. The average Bonchev–Trinajstić information content (AvgIpc) is 2.21. The van der Waals surface area contributed by atoms with Gasteiger partial charge < -0.3 is 0 Å². The van der Waals surface area contributed by atoms with E-state index in [1.165, 1.54) is 0 Å². The lowest BCUT2D eigenvalue weighted by Gasteiger charge is -2.21. The fraction of sp³-hybridized carbons (Fsp3) is 1.00. The van der Waals surface area contributed by atoms with E-state index in [-0.39, 0.29) is 6.16 Å². The Kier molecular flexibility index (Phi) is 6.35. The largest absolute Gasteiger partial charge is 0.426 e. The first-order valence-electron chi connectivity index (χ1n) is 4.71. The Bertz CT molecular complexity index is 355. The van der Waals surface area contributed by atoms with Crippen LogP contribution in [0.3, 0.4) is 0 Å². The van der Waals surface area contributed by atoms with E-state index < -0.39 is 36.5 Å². The van der Waals surface area contributed by atoms with Crippen LogP contribution in [-0.2, 0) is 14.1 Å². The van der Waals surface area contributed by atoms with Crippen LogP contribution < -0.4 is 0 Å². The first-order valence-corrected chi connectivity index (χ1v) is 7.23. The molecule has 18 heavy (non-hydrogen) atoms. The summed E-state index contributed by atoms with van der Waals surface area (Å²) in [4.78, 5) is 0. The third kappa shape index (κ3) is 4.55. The van der Waals surface area contributed by atoms with Gasteiger partial charge in [0, 0.05) is 8.81 Å². The second kappa shape index (κ2) is 6.38. The van der Waals surface area contributed by atoms with Gasteiger partial charge in [-0.1, -0.05) is 13.3 Å². The summed E-state index contributed by atoms with van der Waals surface area (Å²) < 4.78 is 98.6. The molecule has 0 amide bonds. The highest BCUT2D eigenvalue weighted by Crippen LogP contribution is 2.41. The molecule has 0 aromatic rings. The van der Waals surface area contributed by atoms with Crippen LogP contribution >= 0.6 is 8.81 Å². The van der Waals surface area contributed by atoms with Crippen LogP contribution in [0, 0.1) is 0 Å². The van der Waals surface area contributed by atoms with E-state index in [4.69, 9.17) is 0 Å². The molecular formula is C7H11F6O3PS. The fourth-order valence-corrected chi connectivity index (χ4v) is 3.02. The fourth-order valence-electron chi connectivity index (χ4n) is 0.741. The smallest absolute Gasteiger partial charge is 0.246 e. The lowest BCUT2D eigenvalue weighted by Crippen LogP contribution is -2.47. The van der Waals surface area contributed by atoms with Crippen LogP contribution in [-0.4, -0.2) is 32.2 Å². The Morgan fingerprint density at radius 1 is 1.22 bits per heavy atom. The lowest BCUT2D eigenvalue weighted by molar-refractivity contribution is -0.222. The molecule has 110 valence electrons. The number of unbranched alkanes of at least 4 members (excludes halogenated alkanes) is 1. The van der Waals surface area contributed by atoms with Crippen molar-refractivity contribution in [1.82, 2.24) is 0 Å². The van der Waals surface area contributed by atoms with Gasteiger partial charge in [-0.2, -0.15) is 30.4 Å². The number of hydrogen-bond acceptors (Lipinski definition) is 3. The van der Waals surface area contributed by atoms with Crippen molar-refractivity contribution in [3.8, 4) is 0 Å². The standard InChI is InChI=1S/C7H11F6O3PS/c1-2-3-4-17-16-18(14,15)7(12,13)5(8)6(9,10)11/h5,17H,2-4H2,1H3. The predicted molar refractivity (Wildman–Crippen MR) is 54.0 cm³/mol. The summed E-state index contributed by atoms with van der Waals surface area (Å²) in [6, 6.07) is 0. The van der Waals surface area contributed by atoms with E-state index in [1.807, 2.05) is 0 Å². The molecule has 0 radical (unpaired) electrons. The Labute approximate surface area is 102 Å². The van der Waals surface area contributed by atoms with Crippen molar-refractivity contribution in [1.29, 1.82) is 0 Å². The Hall–Kier alpha value is -0.0800. The zero-order valence-electron chi connectivity index (χ0n) is 9.10. The highest BCUT2D eigenvalue weighted by atomic mass is 32.2. The molecule has 0 N–H and O–H groups in total. The summed E-state index contributed by atoms with van der Waals surface area (Å²) in [6.07, 6.45) is -9.62. The van der Waals surface area contributed by atoms with E-state index in [2.05, 4.69) is 3.97 Å². The molecule has 0 bridgehead atoms. The maximum absolute atomic E-state index is 12.8. The van der Waals surface area contributed by atoms with Gasteiger partial charge in [-0.05, 0) is 12.6 Å². The maximum atomic E-state index is 12.8. The summed E-state index contributed by atoms with van der Waals surface area (Å²) in [7, 11) is -6.90. The monoisotopic (exact) mass is 320 g/mol. The van der Waals surface area contributed by atoms with Gasteiger partial charge in [-0.3, -0.25) is 0 Å². The second-order valence-corrected chi connectivity index (χ2v) is 6.16. The summed E-state index contributed by atoms with van der Waals surface area (Å²) in [6.45, 7) is 1.73. The summed E-state index contributed by atoms with van der Waals surface area (Å²) >= 11 is 0. The third-order valence-corrected chi connectivity index (χ3v) is 4.50. The van der Waals surface area contributed by atoms with Gasteiger partial charge in [-0.15, -0.1) is 0 Å². The first-order chi connectivity index (χ1) is 7.97. The van der Waals surface area contributed by atoms with Crippen LogP contribution in [0.25, 0.3) is 0 Å². The van der Waals surface area contributed by atoms with Crippen LogP contribution in [0.4, 0.5) is 26.3 Å².